The molecule has 7 nitrogen and oxygen atoms in total. The second-order valence-corrected chi connectivity index (χ2v) is 11.7. The van der Waals surface area contributed by atoms with E-state index in [1.54, 1.807) is 25.7 Å². The molecule has 1 aromatic carbocycles. The van der Waals surface area contributed by atoms with E-state index in [1.807, 2.05) is 79.7 Å². The SMILES string of the molecule is Cc1ccc(C(C(=O)NC(C)(C)C)N(C(=O)C(CC(C)C)NC(=O)OC(C)(C)C)C(C)C)cc1. The summed E-state index contributed by atoms with van der Waals surface area (Å²) >= 11 is 0. The number of alkyl carbamates (subject to hydrolysis) is 1. The van der Waals surface area contributed by atoms with E-state index in [-0.39, 0.29) is 23.8 Å². The van der Waals surface area contributed by atoms with Crippen LogP contribution in [0.2, 0.25) is 0 Å². The largest absolute Gasteiger partial charge is 0.444 e. The fourth-order valence-corrected chi connectivity index (χ4v) is 3.63. The normalized spacial score (nSPS) is 13.9. The average Bonchev–Trinajstić information content (AvgIpc) is 2.62. The number of rotatable bonds is 8. The standard InChI is InChI=1S/C27H45N3O4/c1-17(2)16-21(28-25(33)34-27(9,10)11)24(32)30(18(3)4)22(23(31)29-26(6,7)8)20-14-12-19(5)13-15-20/h12-15,17-18,21-22H,16H2,1-11H3,(H,28,33)(H,29,31). The number of hydrogen-bond acceptors (Lipinski definition) is 4. The van der Waals surface area contributed by atoms with Gasteiger partial charge in [0.15, 0.2) is 0 Å². The maximum Gasteiger partial charge on any atom is 0.408 e. The number of aryl methyl sites for hydroxylation is 1. The van der Waals surface area contributed by atoms with E-state index in [0.717, 1.165) is 11.1 Å². The molecule has 0 aliphatic heterocycles. The summed E-state index contributed by atoms with van der Waals surface area (Å²) in [5, 5.41) is 5.79. The van der Waals surface area contributed by atoms with Gasteiger partial charge in [-0.25, -0.2) is 4.79 Å². The first-order valence-electron chi connectivity index (χ1n) is 12.1. The van der Waals surface area contributed by atoms with Gasteiger partial charge in [-0.2, -0.15) is 0 Å². The Morgan fingerprint density at radius 1 is 0.941 bits per heavy atom. The van der Waals surface area contributed by atoms with Crippen molar-refractivity contribution < 1.29 is 19.1 Å². The molecule has 1 rings (SSSR count). The molecule has 3 amide bonds. The highest BCUT2D eigenvalue weighted by molar-refractivity contribution is 5.92. The third-order valence-corrected chi connectivity index (χ3v) is 4.92. The van der Waals surface area contributed by atoms with E-state index in [0.29, 0.717) is 6.42 Å². The summed E-state index contributed by atoms with van der Waals surface area (Å²) in [6.07, 6.45) is -0.232. The van der Waals surface area contributed by atoms with Crippen LogP contribution in [0.4, 0.5) is 4.79 Å². The lowest BCUT2D eigenvalue weighted by molar-refractivity contribution is -0.145. The minimum atomic E-state index is -0.845. The summed E-state index contributed by atoms with van der Waals surface area (Å²) in [6, 6.07) is 5.66. The topological polar surface area (TPSA) is 87.7 Å². The molecule has 0 heterocycles. The highest BCUT2D eigenvalue weighted by atomic mass is 16.6. The lowest BCUT2D eigenvalue weighted by atomic mass is 9.96. The van der Waals surface area contributed by atoms with Gasteiger partial charge in [0.05, 0.1) is 0 Å². The van der Waals surface area contributed by atoms with Crippen molar-refractivity contribution in [2.75, 3.05) is 0 Å². The van der Waals surface area contributed by atoms with Crippen LogP contribution in [0.5, 0.6) is 0 Å². The molecule has 192 valence electrons. The van der Waals surface area contributed by atoms with E-state index in [9.17, 15) is 14.4 Å². The molecule has 34 heavy (non-hydrogen) atoms. The van der Waals surface area contributed by atoms with Gasteiger partial charge in [-0.1, -0.05) is 43.7 Å². The zero-order valence-electron chi connectivity index (χ0n) is 22.9. The van der Waals surface area contributed by atoms with E-state index < -0.39 is 29.3 Å². The first kappa shape index (κ1) is 29.5. The molecule has 0 aliphatic carbocycles. The lowest BCUT2D eigenvalue weighted by Crippen LogP contribution is -2.56. The molecule has 0 aliphatic rings. The predicted molar refractivity (Wildman–Crippen MR) is 136 cm³/mol. The second kappa shape index (κ2) is 11.7. The van der Waals surface area contributed by atoms with Gasteiger partial charge in [0, 0.05) is 11.6 Å². The third kappa shape index (κ3) is 9.74. The fourth-order valence-electron chi connectivity index (χ4n) is 3.63. The van der Waals surface area contributed by atoms with Crippen LogP contribution < -0.4 is 10.6 Å². The Kier molecular flexibility index (Phi) is 10.2. The molecule has 2 atom stereocenters. The van der Waals surface area contributed by atoms with Crippen molar-refractivity contribution in [3.05, 3.63) is 35.4 Å². The van der Waals surface area contributed by atoms with E-state index in [2.05, 4.69) is 10.6 Å². The van der Waals surface area contributed by atoms with Crippen molar-refractivity contribution in [1.29, 1.82) is 0 Å². The Bertz CT molecular complexity index is 833. The molecule has 0 bridgehead atoms. The Morgan fingerprint density at radius 2 is 1.47 bits per heavy atom. The first-order chi connectivity index (χ1) is 15.4. The number of benzene rings is 1. The highest BCUT2D eigenvalue weighted by Crippen LogP contribution is 2.27. The van der Waals surface area contributed by atoms with Crippen molar-refractivity contribution in [2.24, 2.45) is 5.92 Å². The summed E-state index contributed by atoms with van der Waals surface area (Å²) in [5.74, 6) is -0.442. The summed E-state index contributed by atoms with van der Waals surface area (Å²) in [4.78, 5) is 41.6. The molecule has 2 N–H and O–H groups in total. The van der Waals surface area contributed by atoms with Gasteiger partial charge in [-0.3, -0.25) is 9.59 Å². The molecule has 0 spiro atoms. The molecular weight excluding hydrogens is 430 g/mol. The van der Waals surface area contributed by atoms with Gasteiger partial charge in [0.2, 0.25) is 11.8 Å². The number of carbonyl (C=O) groups excluding carboxylic acids is 3. The van der Waals surface area contributed by atoms with Crippen LogP contribution in [0, 0.1) is 12.8 Å². The minimum absolute atomic E-state index is 0.138. The molecule has 0 aromatic heterocycles. The fraction of sp³-hybridized carbons (Fsp3) is 0.667. The molecule has 2 unspecified atom stereocenters. The van der Waals surface area contributed by atoms with Gasteiger partial charge >= 0.3 is 6.09 Å². The summed E-state index contributed by atoms with van der Waals surface area (Å²) in [7, 11) is 0. The average molecular weight is 476 g/mol. The zero-order valence-corrected chi connectivity index (χ0v) is 22.9. The lowest BCUT2D eigenvalue weighted by Gasteiger charge is -2.38. The highest BCUT2D eigenvalue weighted by Gasteiger charge is 2.38. The molecule has 7 heteroatoms. The quantitative estimate of drug-likeness (QED) is 0.546. The van der Waals surface area contributed by atoms with Crippen molar-refractivity contribution in [2.45, 2.75) is 112 Å². The summed E-state index contributed by atoms with van der Waals surface area (Å²) < 4.78 is 5.41. The van der Waals surface area contributed by atoms with Crippen molar-refractivity contribution in [3.63, 3.8) is 0 Å². The number of amides is 3. The Balaban J connectivity index is 3.47. The number of ether oxygens (including phenoxy) is 1. The maximum atomic E-state index is 13.9. The number of carbonyl (C=O) groups is 3. The summed E-state index contributed by atoms with van der Waals surface area (Å²) in [6.45, 7) is 20.7. The number of hydrogen-bond donors (Lipinski definition) is 2. The third-order valence-electron chi connectivity index (χ3n) is 4.92. The van der Waals surface area contributed by atoms with Crippen LogP contribution in [0.15, 0.2) is 24.3 Å². The number of nitrogens with zero attached hydrogens (tertiary/aromatic N) is 1. The smallest absolute Gasteiger partial charge is 0.408 e. The maximum absolute atomic E-state index is 13.9. The van der Waals surface area contributed by atoms with E-state index >= 15 is 0 Å². The van der Waals surface area contributed by atoms with Crippen molar-refractivity contribution >= 4 is 17.9 Å². The molecule has 1 aromatic rings. The van der Waals surface area contributed by atoms with E-state index in [1.165, 1.54) is 0 Å². The molecule has 0 saturated carbocycles. The predicted octanol–water partition coefficient (Wildman–Crippen LogP) is 5.13. The first-order valence-corrected chi connectivity index (χ1v) is 12.1. The summed E-state index contributed by atoms with van der Waals surface area (Å²) in [5.41, 5.74) is 0.614. The van der Waals surface area contributed by atoms with Crippen LogP contribution in [0.25, 0.3) is 0 Å². The van der Waals surface area contributed by atoms with Gasteiger partial charge in [-0.15, -0.1) is 0 Å². The van der Waals surface area contributed by atoms with Gasteiger partial charge in [0.25, 0.3) is 0 Å². The van der Waals surface area contributed by atoms with Crippen molar-refractivity contribution in [3.8, 4) is 0 Å². The Morgan fingerprint density at radius 3 is 1.88 bits per heavy atom. The zero-order chi connectivity index (χ0) is 26.4. The number of nitrogens with one attached hydrogen (secondary N) is 2. The van der Waals surface area contributed by atoms with Crippen LogP contribution >= 0.6 is 0 Å². The minimum Gasteiger partial charge on any atom is -0.444 e. The monoisotopic (exact) mass is 475 g/mol. The Hall–Kier alpha value is -2.57. The molecule has 0 radical (unpaired) electrons. The second-order valence-electron chi connectivity index (χ2n) is 11.7. The molecule has 0 fully saturated rings. The van der Waals surface area contributed by atoms with Crippen molar-refractivity contribution in [1.82, 2.24) is 15.5 Å². The van der Waals surface area contributed by atoms with Gasteiger partial charge in [-0.05, 0) is 80.2 Å². The Labute approximate surface area is 206 Å². The van der Waals surface area contributed by atoms with Gasteiger partial charge in [0.1, 0.15) is 17.7 Å². The van der Waals surface area contributed by atoms with Crippen LogP contribution in [0.3, 0.4) is 0 Å². The van der Waals surface area contributed by atoms with Crippen LogP contribution in [0.1, 0.15) is 92.8 Å². The van der Waals surface area contributed by atoms with Crippen LogP contribution in [-0.2, 0) is 14.3 Å². The van der Waals surface area contributed by atoms with Gasteiger partial charge < -0.3 is 20.3 Å². The molecule has 0 saturated heterocycles. The van der Waals surface area contributed by atoms with Crippen LogP contribution in [-0.4, -0.2) is 46.0 Å². The van der Waals surface area contributed by atoms with E-state index in [4.69, 9.17) is 4.74 Å². The molecular formula is C27H45N3O4.